The number of halogens is 1. The fraction of sp³-hybridized carbons (Fsp3) is 0.200. The maximum absolute atomic E-state index is 13.1. The summed E-state index contributed by atoms with van der Waals surface area (Å²) in [6.07, 6.45) is 0. The van der Waals surface area contributed by atoms with Gasteiger partial charge in [0, 0.05) is 16.4 Å². The lowest BCUT2D eigenvalue weighted by molar-refractivity contribution is -0.119. The molecule has 3 rings (SSSR count). The highest BCUT2D eigenvalue weighted by atomic mass is 35.5. The molecule has 3 N–H and O–H groups in total. The third-order valence-electron chi connectivity index (χ3n) is 4.60. The van der Waals surface area contributed by atoms with Crippen molar-refractivity contribution in [1.29, 1.82) is 0 Å². The van der Waals surface area contributed by atoms with Crippen LogP contribution in [0.3, 0.4) is 0 Å². The van der Waals surface area contributed by atoms with Gasteiger partial charge in [-0.25, -0.2) is 0 Å². The van der Waals surface area contributed by atoms with Crippen LogP contribution in [0.2, 0.25) is 5.02 Å². The number of anilines is 1. The molecule has 0 aliphatic carbocycles. The van der Waals surface area contributed by atoms with Crippen LogP contribution in [-0.4, -0.2) is 11.0 Å². The van der Waals surface area contributed by atoms with Crippen molar-refractivity contribution in [1.82, 2.24) is 10.6 Å². The maximum atomic E-state index is 13.1. The van der Waals surface area contributed by atoms with E-state index < -0.39 is 5.92 Å². The highest BCUT2D eigenvalue weighted by Crippen LogP contribution is 2.33. The molecule has 26 heavy (non-hydrogen) atoms. The summed E-state index contributed by atoms with van der Waals surface area (Å²) in [5, 5.41) is 10.3. The molecule has 1 aliphatic rings. The molecule has 2 aromatic rings. The summed E-state index contributed by atoms with van der Waals surface area (Å²) in [4.78, 5) is 13.1. The Labute approximate surface area is 163 Å². The third kappa shape index (κ3) is 3.59. The van der Waals surface area contributed by atoms with Crippen molar-refractivity contribution in [3.05, 3.63) is 76.5 Å². The summed E-state index contributed by atoms with van der Waals surface area (Å²) in [6.45, 7) is 7.92. The molecule has 1 saturated heterocycles. The monoisotopic (exact) mass is 385 g/mol. The van der Waals surface area contributed by atoms with Gasteiger partial charge in [-0.2, -0.15) is 0 Å². The van der Waals surface area contributed by atoms with Crippen molar-refractivity contribution in [2.75, 3.05) is 5.32 Å². The molecule has 1 aliphatic heterocycles. The topological polar surface area (TPSA) is 53.2 Å². The number of benzene rings is 2. The Morgan fingerprint density at radius 2 is 1.92 bits per heavy atom. The molecule has 0 unspecified atom stereocenters. The van der Waals surface area contributed by atoms with E-state index in [1.807, 2.05) is 50.2 Å². The fourth-order valence-electron chi connectivity index (χ4n) is 3.14. The average molecular weight is 386 g/mol. The zero-order valence-corrected chi connectivity index (χ0v) is 16.2. The predicted octanol–water partition coefficient (Wildman–Crippen LogP) is 4.24. The predicted molar refractivity (Wildman–Crippen MR) is 110 cm³/mol. The Kier molecular flexibility index (Phi) is 5.30. The summed E-state index contributed by atoms with van der Waals surface area (Å²) in [5.41, 5.74) is 4.18. The zero-order chi connectivity index (χ0) is 18.8. The van der Waals surface area contributed by atoms with Crippen molar-refractivity contribution in [3.8, 4) is 0 Å². The second-order valence-corrected chi connectivity index (χ2v) is 7.15. The van der Waals surface area contributed by atoms with Gasteiger partial charge in [0.2, 0.25) is 5.91 Å². The first kappa shape index (κ1) is 18.4. The van der Waals surface area contributed by atoms with Crippen LogP contribution in [0.15, 0.2) is 54.7 Å². The number of amides is 1. The van der Waals surface area contributed by atoms with Gasteiger partial charge in [0.25, 0.3) is 0 Å². The molecule has 0 aromatic heterocycles. The smallest absolute Gasteiger partial charge is 0.235 e. The van der Waals surface area contributed by atoms with Gasteiger partial charge >= 0.3 is 0 Å². The van der Waals surface area contributed by atoms with Gasteiger partial charge in [0.15, 0.2) is 5.11 Å². The highest BCUT2D eigenvalue weighted by molar-refractivity contribution is 7.80. The quantitative estimate of drug-likeness (QED) is 0.691. The van der Waals surface area contributed by atoms with Crippen LogP contribution in [0.5, 0.6) is 0 Å². The van der Waals surface area contributed by atoms with Crippen LogP contribution in [-0.2, 0) is 4.79 Å². The Hall–Kier alpha value is -2.37. The molecule has 134 valence electrons. The molecule has 4 nitrogen and oxygen atoms in total. The van der Waals surface area contributed by atoms with Crippen LogP contribution in [0, 0.1) is 19.8 Å². The number of carbonyl (C=O) groups is 1. The highest BCUT2D eigenvalue weighted by Gasteiger charge is 2.37. The van der Waals surface area contributed by atoms with Crippen LogP contribution in [0.4, 0.5) is 5.69 Å². The lowest BCUT2D eigenvalue weighted by atomic mass is 9.86. The normalized spacial score (nSPS) is 19.5. The first-order valence-electron chi connectivity index (χ1n) is 8.26. The van der Waals surface area contributed by atoms with Gasteiger partial charge in [-0.05, 0) is 54.9 Å². The Balaban J connectivity index is 1.95. The number of nitrogens with one attached hydrogen (secondary N) is 3. The van der Waals surface area contributed by atoms with Crippen molar-refractivity contribution >= 4 is 40.5 Å². The molecule has 0 radical (unpaired) electrons. The number of hydrogen-bond acceptors (Lipinski definition) is 2. The molecule has 2 atom stereocenters. The van der Waals surface area contributed by atoms with E-state index in [2.05, 4.69) is 22.5 Å². The summed E-state index contributed by atoms with van der Waals surface area (Å²) >= 11 is 11.4. The van der Waals surface area contributed by atoms with E-state index in [0.717, 1.165) is 16.7 Å². The lowest BCUT2D eigenvalue weighted by Crippen LogP contribution is -2.51. The number of aryl methyl sites for hydroxylation is 1. The molecule has 0 spiro atoms. The minimum atomic E-state index is -0.527. The van der Waals surface area contributed by atoms with E-state index in [-0.39, 0.29) is 11.9 Å². The van der Waals surface area contributed by atoms with Gasteiger partial charge in [-0.15, -0.1) is 0 Å². The average Bonchev–Trinajstić information content (AvgIpc) is 2.58. The first-order valence-corrected chi connectivity index (χ1v) is 9.05. The van der Waals surface area contributed by atoms with E-state index in [4.69, 9.17) is 23.8 Å². The Bertz CT molecular complexity index is 896. The summed E-state index contributed by atoms with van der Waals surface area (Å²) < 4.78 is 0. The van der Waals surface area contributed by atoms with Crippen LogP contribution in [0.1, 0.15) is 22.7 Å². The summed E-state index contributed by atoms with van der Waals surface area (Å²) in [7, 11) is 0. The molecule has 2 aromatic carbocycles. The Morgan fingerprint density at radius 1 is 1.19 bits per heavy atom. The van der Waals surface area contributed by atoms with Crippen molar-refractivity contribution in [3.63, 3.8) is 0 Å². The standard InChI is InChI=1S/C20H20ClN3OS/c1-11-7-4-5-8-14(11)18-17(13(3)22-20(26)24-18)19(25)23-16-10-6-9-15(21)12(16)2/h4-10,17-18H,3H2,1-2H3,(H,23,25)(H2,22,24,26)/t17-,18+/m1/s1. The van der Waals surface area contributed by atoms with Gasteiger partial charge in [0.05, 0.1) is 6.04 Å². The van der Waals surface area contributed by atoms with Crippen molar-refractivity contribution in [2.24, 2.45) is 5.92 Å². The van der Waals surface area contributed by atoms with Crippen LogP contribution >= 0.6 is 23.8 Å². The van der Waals surface area contributed by atoms with E-state index in [9.17, 15) is 4.79 Å². The number of thiocarbonyl (C=S) groups is 1. The molecule has 6 heteroatoms. The number of hydrogen-bond donors (Lipinski definition) is 3. The molecule has 1 fully saturated rings. The van der Waals surface area contributed by atoms with Gasteiger partial charge in [-0.3, -0.25) is 4.79 Å². The van der Waals surface area contributed by atoms with Crippen molar-refractivity contribution in [2.45, 2.75) is 19.9 Å². The van der Waals surface area contributed by atoms with E-state index in [1.54, 1.807) is 6.07 Å². The molecule has 1 amide bonds. The summed E-state index contributed by atoms with van der Waals surface area (Å²) in [5.74, 6) is -0.697. The maximum Gasteiger partial charge on any atom is 0.235 e. The van der Waals surface area contributed by atoms with E-state index >= 15 is 0 Å². The van der Waals surface area contributed by atoms with Gasteiger partial charge in [0.1, 0.15) is 5.92 Å². The van der Waals surface area contributed by atoms with Crippen molar-refractivity contribution < 1.29 is 4.79 Å². The Morgan fingerprint density at radius 3 is 2.65 bits per heavy atom. The minimum absolute atomic E-state index is 0.170. The third-order valence-corrected chi connectivity index (χ3v) is 5.23. The van der Waals surface area contributed by atoms with E-state index in [0.29, 0.717) is 21.5 Å². The number of rotatable bonds is 3. The fourth-order valence-corrected chi connectivity index (χ4v) is 3.57. The number of carbonyl (C=O) groups excluding carboxylic acids is 1. The molecule has 1 heterocycles. The first-order chi connectivity index (χ1) is 12.4. The molecular weight excluding hydrogens is 366 g/mol. The SMILES string of the molecule is C=C1NC(=S)N[C@@H](c2ccccc2C)[C@@H]1C(=O)Nc1cccc(Cl)c1C. The summed E-state index contributed by atoms with van der Waals surface area (Å²) in [6, 6.07) is 13.1. The lowest BCUT2D eigenvalue weighted by Gasteiger charge is -2.36. The molecular formula is C20H20ClN3OS. The minimum Gasteiger partial charge on any atom is -0.354 e. The second-order valence-electron chi connectivity index (χ2n) is 6.34. The van der Waals surface area contributed by atoms with Crippen LogP contribution < -0.4 is 16.0 Å². The molecule has 0 bridgehead atoms. The second kappa shape index (κ2) is 7.48. The van der Waals surface area contributed by atoms with E-state index in [1.165, 1.54) is 0 Å². The van der Waals surface area contributed by atoms with Gasteiger partial charge in [-0.1, -0.05) is 48.5 Å². The van der Waals surface area contributed by atoms with Gasteiger partial charge < -0.3 is 16.0 Å². The zero-order valence-electron chi connectivity index (χ0n) is 14.6. The largest absolute Gasteiger partial charge is 0.354 e. The van der Waals surface area contributed by atoms with Crippen LogP contribution in [0.25, 0.3) is 0 Å². The molecule has 0 saturated carbocycles.